The molecule has 0 aromatic heterocycles. The zero-order valence-electron chi connectivity index (χ0n) is 13.3. The quantitative estimate of drug-likeness (QED) is 0.767. The molecule has 5 nitrogen and oxygen atoms in total. The van der Waals surface area contributed by atoms with Gasteiger partial charge in [0.05, 0.1) is 11.5 Å². The highest BCUT2D eigenvalue weighted by molar-refractivity contribution is 7.89. The molecule has 1 unspecified atom stereocenters. The summed E-state index contributed by atoms with van der Waals surface area (Å²) in [6.45, 7) is 6.43. The van der Waals surface area contributed by atoms with Gasteiger partial charge in [-0.3, -0.25) is 0 Å². The van der Waals surface area contributed by atoms with Gasteiger partial charge < -0.3 is 10.5 Å². The lowest BCUT2D eigenvalue weighted by Gasteiger charge is -2.19. The van der Waals surface area contributed by atoms with Crippen molar-refractivity contribution in [1.29, 1.82) is 0 Å². The van der Waals surface area contributed by atoms with Crippen LogP contribution in [-0.4, -0.2) is 28.2 Å². The van der Waals surface area contributed by atoms with Crippen LogP contribution in [0.2, 0.25) is 0 Å². The lowest BCUT2D eigenvalue weighted by atomic mass is 10.1. The lowest BCUT2D eigenvalue weighted by molar-refractivity contribution is 0.171. The third kappa shape index (κ3) is 4.78. The standard InChI is InChI=1S/C15H26N2O3S/c1-5-6-14(10-20-4)17-21(18,19)15-8-13(9-16)11(2)7-12(15)3/h7-8,14,17H,5-6,9-10,16H2,1-4H3. The topological polar surface area (TPSA) is 81.4 Å². The molecule has 21 heavy (non-hydrogen) atoms. The molecule has 1 aromatic carbocycles. The maximum atomic E-state index is 12.6. The zero-order chi connectivity index (χ0) is 16.0. The Labute approximate surface area is 127 Å². The van der Waals surface area contributed by atoms with Crippen LogP contribution in [-0.2, 0) is 21.3 Å². The van der Waals surface area contributed by atoms with E-state index in [-0.39, 0.29) is 6.04 Å². The van der Waals surface area contributed by atoms with Crippen LogP contribution < -0.4 is 10.5 Å². The van der Waals surface area contributed by atoms with Crippen molar-refractivity contribution in [3.63, 3.8) is 0 Å². The molecular formula is C15H26N2O3S. The molecule has 3 N–H and O–H groups in total. The molecular weight excluding hydrogens is 288 g/mol. The molecule has 0 aliphatic carbocycles. The van der Waals surface area contributed by atoms with E-state index in [4.69, 9.17) is 10.5 Å². The van der Waals surface area contributed by atoms with Gasteiger partial charge >= 0.3 is 0 Å². The summed E-state index contributed by atoms with van der Waals surface area (Å²) in [6.07, 6.45) is 1.62. The molecule has 0 fully saturated rings. The van der Waals surface area contributed by atoms with Gasteiger partial charge in [0.2, 0.25) is 10.0 Å². The Balaban J connectivity index is 3.12. The van der Waals surface area contributed by atoms with Crippen LogP contribution in [0.5, 0.6) is 0 Å². The summed E-state index contributed by atoms with van der Waals surface area (Å²) in [5.41, 5.74) is 8.26. The maximum Gasteiger partial charge on any atom is 0.241 e. The maximum absolute atomic E-state index is 12.6. The van der Waals surface area contributed by atoms with Gasteiger partial charge in [0, 0.05) is 19.7 Å². The number of rotatable bonds is 8. The normalized spacial score (nSPS) is 13.4. The molecule has 0 saturated heterocycles. The molecule has 0 bridgehead atoms. The van der Waals surface area contributed by atoms with Crippen LogP contribution in [0.4, 0.5) is 0 Å². The van der Waals surface area contributed by atoms with Crippen molar-refractivity contribution in [3.05, 3.63) is 28.8 Å². The smallest absolute Gasteiger partial charge is 0.241 e. The number of ether oxygens (including phenoxy) is 1. The number of nitrogens with two attached hydrogens (primary N) is 1. The predicted octanol–water partition coefficient (Wildman–Crippen LogP) is 1.86. The van der Waals surface area contributed by atoms with Gasteiger partial charge in [-0.1, -0.05) is 19.4 Å². The number of nitrogens with one attached hydrogen (secondary N) is 1. The summed E-state index contributed by atoms with van der Waals surface area (Å²) >= 11 is 0. The molecule has 1 atom stereocenters. The van der Waals surface area contributed by atoms with Gasteiger partial charge in [-0.05, 0) is 43.0 Å². The SMILES string of the molecule is CCCC(COC)NS(=O)(=O)c1cc(CN)c(C)cc1C. The fourth-order valence-corrected chi connectivity index (χ4v) is 3.92. The fourth-order valence-electron chi connectivity index (χ4n) is 2.39. The highest BCUT2D eigenvalue weighted by Gasteiger charge is 2.22. The monoisotopic (exact) mass is 314 g/mol. The van der Waals surface area contributed by atoms with E-state index in [0.717, 1.165) is 29.5 Å². The average Bonchev–Trinajstić information content (AvgIpc) is 2.38. The van der Waals surface area contributed by atoms with Crippen molar-refractivity contribution in [2.45, 2.75) is 51.1 Å². The van der Waals surface area contributed by atoms with Crippen LogP contribution in [0.15, 0.2) is 17.0 Å². The van der Waals surface area contributed by atoms with E-state index in [9.17, 15) is 8.42 Å². The Bertz CT molecular complexity index is 565. The molecule has 1 rings (SSSR count). The molecule has 120 valence electrons. The van der Waals surface area contributed by atoms with Crippen LogP contribution in [0.1, 0.15) is 36.5 Å². The lowest BCUT2D eigenvalue weighted by Crippen LogP contribution is -2.38. The summed E-state index contributed by atoms with van der Waals surface area (Å²) in [6, 6.07) is 3.32. The van der Waals surface area contributed by atoms with Crippen molar-refractivity contribution in [2.24, 2.45) is 5.73 Å². The molecule has 0 amide bonds. The second-order valence-electron chi connectivity index (χ2n) is 5.31. The largest absolute Gasteiger partial charge is 0.383 e. The van der Waals surface area contributed by atoms with E-state index < -0.39 is 10.0 Å². The van der Waals surface area contributed by atoms with E-state index in [1.165, 1.54) is 0 Å². The van der Waals surface area contributed by atoms with E-state index in [0.29, 0.717) is 18.0 Å². The Morgan fingerprint density at radius 2 is 1.95 bits per heavy atom. The predicted molar refractivity (Wildman–Crippen MR) is 84.7 cm³/mol. The van der Waals surface area contributed by atoms with Crippen molar-refractivity contribution < 1.29 is 13.2 Å². The summed E-state index contributed by atoms with van der Waals surface area (Å²) < 4.78 is 33.0. The highest BCUT2D eigenvalue weighted by atomic mass is 32.2. The first-order valence-corrected chi connectivity index (χ1v) is 8.65. The van der Waals surface area contributed by atoms with Gasteiger partial charge in [0.25, 0.3) is 0 Å². The summed E-state index contributed by atoms with van der Waals surface area (Å²) in [4.78, 5) is 0.297. The highest BCUT2D eigenvalue weighted by Crippen LogP contribution is 2.21. The van der Waals surface area contributed by atoms with Crippen molar-refractivity contribution in [1.82, 2.24) is 4.72 Å². The summed E-state index contributed by atoms with van der Waals surface area (Å²) in [5.74, 6) is 0. The van der Waals surface area contributed by atoms with Gasteiger partial charge in [-0.25, -0.2) is 13.1 Å². The van der Waals surface area contributed by atoms with Crippen LogP contribution in [0.25, 0.3) is 0 Å². The van der Waals surface area contributed by atoms with Gasteiger partial charge in [0.15, 0.2) is 0 Å². The number of benzene rings is 1. The second kappa shape index (κ2) is 7.89. The Kier molecular flexibility index (Phi) is 6.80. The Morgan fingerprint density at radius 3 is 2.48 bits per heavy atom. The fraction of sp³-hybridized carbons (Fsp3) is 0.600. The second-order valence-corrected chi connectivity index (χ2v) is 6.99. The minimum atomic E-state index is -3.57. The van der Waals surface area contributed by atoms with E-state index in [2.05, 4.69) is 4.72 Å². The third-order valence-electron chi connectivity index (χ3n) is 3.47. The first kappa shape index (κ1) is 18.1. The molecule has 0 spiro atoms. The van der Waals surface area contributed by atoms with E-state index in [1.54, 1.807) is 20.1 Å². The number of aryl methyl sites for hydroxylation is 2. The molecule has 1 aromatic rings. The molecule has 0 heterocycles. The number of sulfonamides is 1. The van der Waals surface area contributed by atoms with Crippen molar-refractivity contribution >= 4 is 10.0 Å². The van der Waals surface area contributed by atoms with Crippen molar-refractivity contribution in [3.8, 4) is 0 Å². The Morgan fingerprint density at radius 1 is 1.29 bits per heavy atom. The number of methoxy groups -OCH3 is 1. The van der Waals surface area contributed by atoms with E-state index >= 15 is 0 Å². The minimum Gasteiger partial charge on any atom is -0.383 e. The van der Waals surface area contributed by atoms with E-state index in [1.807, 2.05) is 19.9 Å². The van der Waals surface area contributed by atoms with Crippen LogP contribution >= 0.6 is 0 Å². The first-order chi connectivity index (χ1) is 9.85. The molecule has 0 saturated carbocycles. The molecule has 0 aliphatic heterocycles. The molecule has 0 radical (unpaired) electrons. The van der Waals surface area contributed by atoms with Gasteiger partial charge in [-0.15, -0.1) is 0 Å². The minimum absolute atomic E-state index is 0.216. The van der Waals surface area contributed by atoms with Crippen LogP contribution in [0.3, 0.4) is 0 Å². The number of hydrogen-bond acceptors (Lipinski definition) is 4. The van der Waals surface area contributed by atoms with Gasteiger partial charge in [0.1, 0.15) is 0 Å². The molecule has 0 aliphatic rings. The summed E-state index contributed by atoms with van der Waals surface area (Å²) in [5, 5.41) is 0. The first-order valence-electron chi connectivity index (χ1n) is 7.17. The van der Waals surface area contributed by atoms with Gasteiger partial charge in [-0.2, -0.15) is 0 Å². The Hall–Kier alpha value is -0.950. The van der Waals surface area contributed by atoms with Crippen molar-refractivity contribution in [2.75, 3.05) is 13.7 Å². The zero-order valence-corrected chi connectivity index (χ0v) is 14.1. The molecule has 6 heteroatoms. The number of hydrogen-bond donors (Lipinski definition) is 2. The summed E-state index contributed by atoms with van der Waals surface area (Å²) in [7, 11) is -2.00. The van der Waals surface area contributed by atoms with Crippen LogP contribution in [0, 0.1) is 13.8 Å². The average molecular weight is 314 g/mol. The third-order valence-corrected chi connectivity index (χ3v) is 5.13.